The van der Waals surface area contributed by atoms with Gasteiger partial charge in [0, 0.05) is 17.8 Å². The average molecular weight is 495 g/mol. The molecule has 1 aliphatic rings. The van der Waals surface area contributed by atoms with E-state index in [-0.39, 0.29) is 10.8 Å². The second kappa shape index (κ2) is 10.4. The fraction of sp³-hybridized carbons (Fsp3) is 0.296. The Kier molecular flexibility index (Phi) is 7.31. The van der Waals surface area contributed by atoms with Crippen LogP contribution in [0.2, 0.25) is 0 Å². The Morgan fingerprint density at radius 1 is 0.943 bits per heavy atom. The molecule has 0 saturated heterocycles. The zero-order valence-corrected chi connectivity index (χ0v) is 21.0. The third kappa shape index (κ3) is 5.27. The van der Waals surface area contributed by atoms with Crippen molar-refractivity contribution >= 4 is 27.3 Å². The number of carbonyl (C=O) groups excluding carboxylic acids is 1. The molecule has 184 valence electrons. The third-order valence-corrected chi connectivity index (χ3v) is 7.66. The Morgan fingerprint density at radius 2 is 1.66 bits per heavy atom. The molecule has 1 amide bonds. The lowest BCUT2D eigenvalue weighted by molar-refractivity contribution is 0.102. The number of carbonyl (C=O) groups is 1. The predicted octanol–water partition coefficient (Wildman–Crippen LogP) is 5.19. The number of hydrogen-bond donors (Lipinski definition) is 1. The molecule has 0 spiro atoms. The maximum Gasteiger partial charge on any atom is 0.264 e. The van der Waals surface area contributed by atoms with Crippen LogP contribution in [-0.4, -0.2) is 34.1 Å². The normalized spacial score (nSPS) is 13.2. The molecule has 0 atom stereocenters. The molecule has 0 aliphatic carbocycles. The van der Waals surface area contributed by atoms with E-state index in [1.807, 2.05) is 26.8 Å². The van der Waals surface area contributed by atoms with Crippen LogP contribution < -0.4 is 19.1 Å². The number of nitrogens with zero attached hydrogens (tertiary/aromatic N) is 1. The van der Waals surface area contributed by atoms with Gasteiger partial charge in [-0.25, -0.2) is 8.42 Å². The Hall–Kier alpha value is -3.52. The lowest BCUT2D eigenvalue weighted by atomic mass is 10.0. The van der Waals surface area contributed by atoms with E-state index in [0.717, 1.165) is 24.0 Å². The quantitative estimate of drug-likeness (QED) is 0.466. The highest BCUT2D eigenvalue weighted by Crippen LogP contribution is 2.35. The van der Waals surface area contributed by atoms with Gasteiger partial charge in [-0.2, -0.15) is 0 Å². The maximum absolute atomic E-state index is 13.4. The van der Waals surface area contributed by atoms with Crippen LogP contribution in [0.5, 0.6) is 11.5 Å². The summed E-state index contributed by atoms with van der Waals surface area (Å²) in [6, 6.07) is 17.3. The van der Waals surface area contributed by atoms with Gasteiger partial charge in [-0.3, -0.25) is 9.10 Å². The summed E-state index contributed by atoms with van der Waals surface area (Å²) in [5.74, 6) is 0.761. The van der Waals surface area contributed by atoms with Gasteiger partial charge in [-0.05, 0) is 81.6 Å². The largest absolute Gasteiger partial charge is 0.490 e. The summed E-state index contributed by atoms with van der Waals surface area (Å²) in [6.45, 7) is 6.99. The number of nitrogens with one attached hydrogen (secondary N) is 1. The summed E-state index contributed by atoms with van der Waals surface area (Å²) in [6.07, 6.45) is 1.51. The van der Waals surface area contributed by atoms with Crippen molar-refractivity contribution in [2.45, 2.75) is 38.5 Å². The molecule has 0 bridgehead atoms. The molecular weight excluding hydrogens is 464 g/mol. The molecule has 0 saturated carbocycles. The number of hydrogen-bond acceptors (Lipinski definition) is 5. The van der Waals surface area contributed by atoms with E-state index >= 15 is 0 Å². The first-order valence-electron chi connectivity index (χ1n) is 11.8. The van der Waals surface area contributed by atoms with E-state index in [9.17, 15) is 13.2 Å². The molecule has 35 heavy (non-hydrogen) atoms. The number of aryl methyl sites for hydroxylation is 2. The summed E-state index contributed by atoms with van der Waals surface area (Å²) in [4.78, 5) is 13.3. The highest BCUT2D eigenvalue weighted by Gasteiger charge is 2.29. The Labute approximate surface area is 206 Å². The molecule has 0 aromatic heterocycles. The summed E-state index contributed by atoms with van der Waals surface area (Å²) in [5, 5.41) is 2.89. The zero-order valence-electron chi connectivity index (χ0n) is 20.2. The minimum absolute atomic E-state index is 0.253. The van der Waals surface area contributed by atoms with Crippen molar-refractivity contribution in [1.82, 2.24) is 0 Å². The molecule has 0 radical (unpaired) electrons. The van der Waals surface area contributed by atoms with Crippen molar-refractivity contribution in [2.24, 2.45) is 0 Å². The van der Waals surface area contributed by atoms with Crippen LogP contribution in [0.15, 0.2) is 65.6 Å². The van der Waals surface area contributed by atoms with E-state index in [1.54, 1.807) is 54.6 Å². The third-order valence-electron chi connectivity index (χ3n) is 5.83. The second-order valence-corrected chi connectivity index (χ2v) is 10.2. The first-order valence-corrected chi connectivity index (χ1v) is 13.2. The lowest BCUT2D eigenvalue weighted by Crippen LogP contribution is -2.35. The standard InChI is InChI=1S/C27H30N2O5S/c1-4-33-25-15-11-21(17-26(25)34-5-2)27(30)28-22-12-10-20-7-6-16-29(24(20)18-22)35(31,32)23-13-8-19(3)9-14-23/h8-15,17-18H,4-7,16H2,1-3H3,(H,28,30). The SMILES string of the molecule is CCOc1ccc(C(=O)Nc2ccc3c(c2)N(S(=O)(=O)c2ccc(C)cc2)CCC3)cc1OCC. The van der Waals surface area contributed by atoms with E-state index in [4.69, 9.17) is 9.47 Å². The second-order valence-electron chi connectivity index (χ2n) is 8.32. The molecule has 1 heterocycles. The van der Waals surface area contributed by atoms with Crippen LogP contribution >= 0.6 is 0 Å². The van der Waals surface area contributed by atoms with Crippen molar-refractivity contribution < 1.29 is 22.7 Å². The Balaban J connectivity index is 1.61. The summed E-state index contributed by atoms with van der Waals surface area (Å²) in [5.41, 5.74) is 3.46. The fourth-order valence-electron chi connectivity index (χ4n) is 4.10. The Morgan fingerprint density at radius 3 is 2.37 bits per heavy atom. The van der Waals surface area contributed by atoms with Crippen LogP contribution in [0.1, 0.15) is 41.8 Å². The number of benzene rings is 3. The van der Waals surface area contributed by atoms with Crippen LogP contribution in [0.4, 0.5) is 11.4 Å². The highest BCUT2D eigenvalue weighted by molar-refractivity contribution is 7.92. The molecule has 1 aliphatic heterocycles. The lowest BCUT2D eigenvalue weighted by Gasteiger charge is -2.31. The number of fused-ring (bicyclic) bond motifs is 1. The van der Waals surface area contributed by atoms with Gasteiger partial charge < -0.3 is 14.8 Å². The molecular formula is C27H30N2O5S. The predicted molar refractivity (Wildman–Crippen MR) is 137 cm³/mol. The van der Waals surface area contributed by atoms with Gasteiger partial charge in [-0.1, -0.05) is 23.8 Å². The van der Waals surface area contributed by atoms with E-state index in [1.165, 1.54) is 4.31 Å². The van der Waals surface area contributed by atoms with Gasteiger partial charge in [0.1, 0.15) is 0 Å². The monoisotopic (exact) mass is 494 g/mol. The molecule has 3 aromatic rings. The molecule has 4 rings (SSSR count). The molecule has 3 aromatic carbocycles. The van der Waals surface area contributed by atoms with Gasteiger partial charge in [-0.15, -0.1) is 0 Å². The topological polar surface area (TPSA) is 84.9 Å². The number of rotatable bonds is 8. The smallest absolute Gasteiger partial charge is 0.264 e. The van der Waals surface area contributed by atoms with Crippen LogP contribution in [0.25, 0.3) is 0 Å². The van der Waals surface area contributed by atoms with Crippen molar-refractivity contribution in [3.8, 4) is 11.5 Å². The number of sulfonamides is 1. The summed E-state index contributed by atoms with van der Waals surface area (Å²) in [7, 11) is -3.72. The first-order chi connectivity index (χ1) is 16.8. The fourth-order valence-corrected chi connectivity index (χ4v) is 5.63. The Bertz CT molecular complexity index is 1320. The number of anilines is 2. The van der Waals surface area contributed by atoms with Crippen LogP contribution in [-0.2, 0) is 16.4 Å². The maximum atomic E-state index is 13.4. The van der Waals surface area contributed by atoms with Gasteiger partial charge in [0.25, 0.3) is 15.9 Å². The van der Waals surface area contributed by atoms with Gasteiger partial charge in [0.15, 0.2) is 11.5 Å². The van der Waals surface area contributed by atoms with Crippen molar-refractivity contribution in [2.75, 3.05) is 29.4 Å². The van der Waals surface area contributed by atoms with E-state index < -0.39 is 10.0 Å². The number of ether oxygens (including phenoxy) is 2. The van der Waals surface area contributed by atoms with Crippen molar-refractivity contribution in [3.63, 3.8) is 0 Å². The van der Waals surface area contributed by atoms with Crippen LogP contribution in [0, 0.1) is 6.92 Å². The average Bonchev–Trinajstić information content (AvgIpc) is 2.85. The minimum atomic E-state index is -3.72. The van der Waals surface area contributed by atoms with Crippen LogP contribution in [0.3, 0.4) is 0 Å². The van der Waals surface area contributed by atoms with Crippen molar-refractivity contribution in [3.05, 3.63) is 77.4 Å². The molecule has 0 unspecified atom stereocenters. The number of amides is 1. The van der Waals surface area contributed by atoms with Crippen molar-refractivity contribution in [1.29, 1.82) is 0 Å². The summed E-state index contributed by atoms with van der Waals surface area (Å²) < 4.78 is 39.5. The molecule has 0 fully saturated rings. The highest BCUT2D eigenvalue weighted by atomic mass is 32.2. The minimum Gasteiger partial charge on any atom is -0.490 e. The molecule has 8 heteroatoms. The first kappa shape index (κ1) is 24.6. The van der Waals surface area contributed by atoms with Gasteiger partial charge >= 0.3 is 0 Å². The molecule has 1 N–H and O–H groups in total. The zero-order chi connectivity index (χ0) is 25.0. The van der Waals surface area contributed by atoms with E-state index in [2.05, 4.69) is 5.32 Å². The van der Waals surface area contributed by atoms with E-state index in [0.29, 0.717) is 48.2 Å². The summed E-state index contributed by atoms with van der Waals surface area (Å²) >= 11 is 0. The van der Waals surface area contributed by atoms with Gasteiger partial charge in [0.05, 0.1) is 23.8 Å². The molecule has 7 nitrogen and oxygen atoms in total. The van der Waals surface area contributed by atoms with Gasteiger partial charge in [0.2, 0.25) is 0 Å².